The van der Waals surface area contributed by atoms with Gasteiger partial charge in [0.1, 0.15) is 24.1 Å². The fourth-order valence-electron chi connectivity index (χ4n) is 2.84. The van der Waals surface area contributed by atoms with Crippen molar-refractivity contribution in [2.45, 2.75) is 50.2 Å². The van der Waals surface area contributed by atoms with Crippen molar-refractivity contribution in [3.05, 3.63) is 35.6 Å². The Morgan fingerprint density at radius 2 is 1.69 bits per heavy atom. The number of aliphatic hydroxyl groups is 2. The Bertz CT molecular complexity index is 713. The number of hydrogen-bond donors (Lipinski definition) is 4. The van der Waals surface area contributed by atoms with Crippen LogP contribution in [0.3, 0.4) is 0 Å². The molecule has 0 spiro atoms. The van der Waals surface area contributed by atoms with E-state index in [-0.39, 0.29) is 38.2 Å². The molecule has 0 aliphatic carbocycles. The van der Waals surface area contributed by atoms with Crippen LogP contribution in [0.15, 0.2) is 24.3 Å². The zero-order valence-electron chi connectivity index (χ0n) is 16.0. The fraction of sp³-hybridized carbons (Fsp3) is 0.526. The second-order valence-corrected chi connectivity index (χ2v) is 6.68. The summed E-state index contributed by atoms with van der Waals surface area (Å²) in [6.07, 6.45) is -4.72. The van der Waals surface area contributed by atoms with E-state index in [4.69, 9.17) is 4.74 Å². The van der Waals surface area contributed by atoms with Crippen molar-refractivity contribution in [1.82, 2.24) is 10.6 Å². The monoisotopic (exact) mass is 412 g/mol. The van der Waals surface area contributed by atoms with Gasteiger partial charge >= 0.3 is 5.97 Å². The van der Waals surface area contributed by atoms with Crippen LogP contribution in [0.1, 0.15) is 24.8 Å². The maximum absolute atomic E-state index is 12.9. The average molecular weight is 412 g/mol. The fourth-order valence-corrected chi connectivity index (χ4v) is 2.84. The summed E-state index contributed by atoms with van der Waals surface area (Å²) in [5, 5.41) is 25.3. The molecule has 1 fully saturated rings. The van der Waals surface area contributed by atoms with Crippen molar-refractivity contribution in [1.29, 1.82) is 0 Å². The van der Waals surface area contributed by atoms with E-state index in [0.29, 0.717) is 5.56 Å². The van der Waals surface area contributed by atoms with E-state index in [1.807, 2.05) is 0 Å². The Morgan fingerprint density at radius 1 is 1.03 bits per heavy atom. The predicted octanol–water partition coefficient (Wildman–Crippen LogP) is -0.609. The standard InChI is InChI=1S/C19H25FN2O7/c1-28-17(25)7-6-15(23)22-10-14-19(27)18(26)13(29-14)8-16(24)21-9-11-2-4-12(20)5-3-11/h2-5,13-14,18-19,26-27H,6-10H2,1H3,(H,21,24)(H,22,23)/t13-,14+,18?,19+/m0/s1. The van der Waals surface area contributed by atoms with E-state index in [9.17, 15) is 29.0 Å². The van der Waals surface area contributed by atoms with Crippen LogP contribution < -0.4 is 10.6 Å². The third-order valence-electron chi connectivity index (χ3n) is 4.54. The second-order valence-electron chi connectivity index (χ2n) is 6.68. The molecule has 1 aromatic carbocycles. The molecule has 9 nitrogen and oxygen atoms in total. The minimum absolute atomic E-state index is 0.0735. The van der Waals surface area contributed by atoms with Crippen molar-refractivity contribution in [2.24, 2.45) is 0 Å². The van der Waals surface area contributed by atoms with Gasteiger partial charge in [-0.25, -0.2) is 4.39 Å². The van der Waals surface area contributed by atoms with Crippen molar-refractivity contribution in [3.8, 4) is 0 Å². The highest BCUT2D eigenvalue weighted by molar-refractivity contribution is 5.81. The summed E-state index contributed by atoms with van der Waals surface area (Å²) >= 11 is 0. The molecule has 0 aromatic heterocycles. The number of ether oxygens (including phenoxy) is 2. The van der Waals surface area contributed by atoms with Crippen LogP contribution in [0, 0.1) is 5.82 Å². The number of methoxy groups -OCH3 is 1. The van der Waals surface area contributed by atoms with E-state index < -0.39 is 42.2 Å². The molecule has 0 radical (unpaired) electrons. The molecule has 1 heterocycles. The smallest absolute Gasteiger partial charge is 0.306 e. The topological polar surface area (TPSA) is 134 Å². The van der Waals surface area contributed by atoms with Gasteiger partial charge in [0.25, 0.3) is 0 Å². The maximum Gasteiger partial charge on any atom is 0.306 e. The lowest BCUT2D eigenvalue weighted by atomic mass is 10.1. The predicted molar refractivity (Wildman–Crippen MR) is 97.8 cm³/mol. The summed E-state index contributed by atoms with van der Waals surface area (Å²) in [5.74, 6) is -1.73. The number of esters is 1. The van der Waals surface area contributed by atoms with E-state index >= 15 is 0 Å². The van der Waals surface area contributed by atoms with Crippen LogP contribution in [-0.4, -0.2) is 66.1 Å². The van der Waals surface area contributed by atoms with Gasteiger partial charge in [-0.05, 0) is 17.7 Å². The molecule has 4 atom stereocenters. The lowest BCUT2D eigenvalue weighted by molar-refractivity contribution is -0.142. The summed E-state index contributed by atoms with van der Waals surface area (Å²) in [4.78, 5) is 34.8. The zero-order chi connectivity index (χ0) is 21.4. The molecule has 1 aliphatic heterocycles. The van der Waals surface area contributed by atoms with Crippen LogP contribution in [0.5, 0.6) is 0 Å². The normalized spacial score (nSPS) is 23.4. The summed E-state index contributed by atoms with van der Waals surface area (Å²) in [6, 6.07) is 5.65. The molecule has 1 unspecified atom stereocenters. The van der Waals surface area contributed by atoms with Gasteiger partial charge in [0.05, 0.1) is 26.1 Å². The maximum atomic E-state index is 12.9. The Balaban J connectivity index is 1.74. The number of rotatable bonds is 9. The summed E-state index contributed by atoms with van der Waals surface area (Å²) in [6.45, 7) is 0.107. The molecule has 2 rings (SSSR count). The second kappa shape index (κ2) is 10.8. The minimum Gasteiger partial charge on any atom is -0.469 e. The van der Waals surface area contributed by atoms with Crippen LogP contribution >= 0.6 is 0 Å². The molecule has 2 amide bonds. The highest BCUT2D eigenvalue weighted by atomic mass is 19.1. The van der Waals surface area contributed by atoms with E-state index in [2.05, 4.69) is 15.4 Å². The molecular formula is C19H25FN2O7. The van der Waals surface area contributed by atoms with E-state index in [1.165, 1.54) is 19.2 Å². The van der Waals surface area contributed by atoms with Gasteiger partial charge in [-0.15, -0.1) is 0 Å². The van der Waals surface area contributed by atoms with Gasteiger partial charge in [-0.1, -0.05) is 12.1 Å². The summed E-state index contributed by atoms with van der Waals surface area (Å²) in [7, 11) is 1.22. The molecule has 160 valence electrons. The number of hydrogen-bond acceptors (Lipinski definition) is 7. The van der Waals surface area contributed by atoms with Crippen LogP contribution in [-0.2, 0) is 30.4 Å². The van der Waals surface area contributed by atoms with Crippen LogP contribution in [0.4, 0.5) is 4.39 Å². The first kappa shape index (κ1) is 22.7. The van der Waals surface area contributed by atoms with Gasteiger partial charge in [0, 0.05) is 19.5 Å². The van der Waals surface area contributed by atoms with Gasteiger partial charge in [0.2, 0.25) is 11.8 Å². The van der Waals surface area contributed by atoms with Crippen molar-refractivity contribution < 1.29 is 38.5 Å². The average Bonchev–Trinajstić information content (AvgIpc) is 2.97. The van der Waals surface area contributed by atoms with E-state index in [1.54, 1.807) is 12.1 Å². The summed E-state index contributed by atoms with van der Waals surface area (Å²) < 4.78 is 22.8. The molecule has 29 heavy (non-hydrogen) atoms. The van der Waals surface area contributed by atoms with Gasteiger partial charge in [-0.2, -0.15) is 0 Å². The van der Waals surface area contributed by atoms with Gasteiger partial charge in [0.15, 0.2) is 0 Å². The number of amides is 2. The highest BCUT2D eigenvalue weighted by Gasteiger charge is 2.43. The largest absolute Gasteiger partial charge is 0.469 e. The minimum atomic E-state index is -1.29. The molecule has 0 bridgehead atoms. The van der Waals surface area contributed by atoms with Gasteiger partial charge in [-0.3, -0.25) is 14.4 Å². The third kappa shape index (κ3) is 7.08. The van der Waals surface area contributed by atoms with Crippen LogP contribution in [0.2, 0.25) is 0 Å². The molecule has 1 aromatic rings. The quantitative estimate of drug-likeness (QED) is 0.398. The highest BCUT2D eigenvalue weighted by Crippen LogP contribution is 2.23. The number of carbonyl (C=O) groups is 3. The zero-order valence-corrected chi connectivity index (χ0v) is 16.0. The van der Waals surface area contributed by atoms with Crippen molar-refractivity contribution in [3.63, 3.8) is 0 Å². The Labute approximate surface area is 167 Å². The van der Waals surface area contributed by atoms with Crippen molar-refractivity contribution >= 4 is 17.8 Å². The number of halogens is 1. The molecule has 1 saturated heterocycles. The Hall–Kier alpha value is -2.56. The first-order valence-electron chi connectivity index (χ1n) is 9.16. The first-order chi connectivity index (χ1) is 13.8. The van der Waals surface area contributed by atoms with Gasteiger partial charge < -0.3 is 30.3 Å². The number of nitrogens with one attached hydrogen (secondary N) is 2. The third-order valence-corrected chi connectivity index (χ3v) is 4.54. The van der Waals surface area contributed by atoms with Crippen molar-refractivity contribution in [2.75, 3.05) is 13.7 Å². The lowest BCUT2D eigenvalue weighted by Gasteiger charge is -2.15. The lowest BCUT2D eigenvalue weighted by Crippen LogP contribution is -2.40. The van der Waals surface area contributed by atoms with Crippen LogP contribution in [0.25, 0.3) is 0 Å². The Morgan fingerprint density at radius 3 is 2.34 bits per heavy atom. The number of aliphatic hydroxyl groups excluding tert-OH is 2. The molecule has 4 N–H and O–H groups in total. The number of carbonyl (C=O) groups excluding carboxylic acids is 3. The molecular weight excluding hydrogens is 387 g/mol. The SMILES string of the molecule is COC(=O)CCC(=O)NC[C@H]1O[C@@H](CC(=O)NCc2ccc(F)cc2)C(O)[C@@H]1O. The number of benzene rings is 1. The van der Waals surface area contributed by atoms with E-state index in [0.717, 1.165) is 0 Å². The molecule has 10 heteroatoms. The molecule has 1 aliphatic rings. The Kier molecular flexibility index (Phi) is 8.50. The first-order valence-corrected chi connectivity index (χ1v) is 9.16. The molecule has 0 saturated carbocycles. The summed E-state index contributed by atoms with van der Waals surface area (Å²) in [5.41, 5.74) is 0.709.